The Morgan fingerprint density at radius 3 is 2.80 bits per heavy atom. The summed E-state index contributed by atoms with van der Waals surface area (Å²) in [4.78, 5) is 3.94. The molecule has 0 saturated heterocycles. The number of benzene rings is 2. The lowest BCUT2D eigenvalue weighted by atomic mass is 10.1. The summed E-state index contributed by atoms with van der Waals surface area (Å²) in [5.74, 6) is 0.774. The number of halogens is 1. The maximum absolute atomic E-state index is 5.31. The maximum Gasteiger partial charge on any atom is 0.181 e. The first-order valence-electron chi connectivity index (χ1n) is 6.28. The standard InChI is InChI=1S/C16H13BrN2O/c17-14-5-1-3-12(7-14)9-19-15-6-2-4-13(8-15)16-10-18-11-20-16/h1-8,10-11,19H,9H2. The number of oxazole rings is 1. The Morgan fingerprint density at radius 1 is 1.10 bits per heavy atom. The van der Waals surface area contributed by atoms with E-state index in [9.17, 15) is 0 Å². The third-order valence-corrected chi connectivity index (χ3v) is 3.46. The van der Waals surface area contributed by atoms with E-state index in [-0.39, 0.29) is 0 Å². The predicted molar refractivity (Wildman–Crippen MR) is 83.4 cm³/mol. The van der Waals surface area contributed by atoms with Crippen molar-refractivity contribution in [3.8, 4) is 11.3 Å². The molecule has 1 N–H and O–H groups in total. The third kappa shape index (κ3) is 3.08. The summed E-state index contributed by atoms with van der Waals surface area (Å²) in [6.45, 7) is 0.777. The molecule has 0 fully saturated rings. The Labute approximate surface area is 125 Å². The van der Waals surface area contributed by atoms with Crippen LogP contribution in [-0.4, -0.2) is 4.98 Å². The molecule has 0 aliphatic rings. The number of anilines is 1. The van der Waals surface area contributed by atoms with E-state index in [0.717, 1.165) is 28.0 Å². The quantitative estimate of drug-likeness (QED) is 0.753. The van der Waals surface area contributed by atoms with Gasteiger partial charge in [0, 0.05) is 22.3 Å². The molecule has 100 valence electrons. The highest BCUT2D eigenvalue weighted by molar-refractivity contribution is 9.10. The minimum absolute atomic E-state index is 0.774. The van der Waals surface area contributed by atoms with E-state index in [2.05, 4.69) is 44.4 Å². The normalized spacial score (nSPS) is 10.4. The summed E-state index contributed by atoms with van der Waals surface area (Å²) in [5.41, 5.74) is 3.30. The summed E-state index contributed by atoms with van der Waals surface area (Å²) in [5, 5.41) is 3.41. The molecule has 2 aromatic carbocycles. The van der Waals surface area contributed by atoms with Crippen LogP contribution in [0.5, 0.6) is 0 Å². The molecule has 0 unspecified atom stereocenters. The minimum atomic E-state index is 0.774. The summed E-state index contributed by atoms with van der Waals surface area (Å²) in [6, 6.07) is 16.4. The Hall–Kier alpha value is -2.07. The third-order valence-electron chi connectivity index (χ3n) is 2.97. The summed E-state index contributed by atoms with van der Waals surface area (Å²) < 4.78 is 6.40. The van der Waals surface area contributed by atoms with Gasteiger partial charge in [-0.25, -0.2) is 4.98 Å². The van der Waals surface area contributed by atoms with E-state index >= 15 is 0 Å². The molecule has 0 radical (unpaired) electrons. The molecule has 3 aromatic rings. The predicted octanol–water partition coefficient (Wildman–Crippen LogP) is 4.72. The van der Waals surface area contributed by atoms with Crippen LogP contribution < -0.4 is 5.32 Å². The molecule has 0 aliphatic heterocycles. The number of nitrogens with one attached hydrogen (secondary N) is 1. The fourth-order valence-electron chi connectivity index (χ4n) is 1.99. The zero-order valence-corrected chi connectivity index (χ0v) is 12.3. The van der Waals surface area contributed by atoms with E-state index in [1.54, 1.807) is 6.20 Å². The molecule has 3 rings (SSSR count). The van der Waals surface area contributed by atoms with Crippen LogP contribution in [0.1, 0.15) is 5.56 Å². The van der Waals surface area contributed by atoms with Gasteiger partial charge in [0.2, 0.25) is 0 Å². The van der Waals surface area contributed by atoms with Crippen LogP contribution in [0.25, 0.3) is 11.3 Å². The van der Waals surface area contributed by atoms with Gasteiger partial charge in [-0.15, -0.1) is 0 Å². The molecule has 3 nitrogen and oxygen atoms in total. The smallest absolute Gasteiger partial charge is 0.181 e. The lowest BCUT2D eigenvalue weighted by Gasteiger charge is -2.08. The van der Waals surface area contributed by atoms with Crippen molar-refractivity contribution in [3.05, 3.63) is 71.2 Å². The monoisotopic (exact) mass is 328 g/mol. The molecule has 20 heavy (non-hydrogen) atoms. The fourth-order valence-corrected chi connectivity index (χ4v) is 2.44. The number of hydrogen-bond donors (Lipinski definition) is 1. The van der Waals surface area contributed by atoms with Gasteiger partial charge >= 0.3 is 0 Å². The van der Waals surface area contributed by atoms with Crippen molar-refractivity contribution < 1.29 is 4.42 Å². The van der Waals surface area contributed by atoms with Gasteiger partial charge in [0.25, 0.3) is 0 Å². The molecule has 0 spiro atoms. The summed E-state index contributed by atoms with van der Waals surface area (Å²) in [6.07, 6.45) is 3.16. The highest BCUT2D eigenvalue weighted by Gasteiger charge is 2.02. The maximum atomic E-state index is 5.31. The topological polar surface area (TPSA) is 38.1 Å². The van der Waals surface area contributed by atoms with Crippen molar-refractivity contribution in [1.82, 2.24) is 4.98 Å². The Balaban J connectivity index is 1.73. The second-order valence-electron chi connectivity index (χ2n) is 4.43. The largest absolute Gasteiger partial charge is 0.444 e. The van der Waals surface area contributed by atoms with Crippen LogP contribution in [0, 0.1) is 0 Å². The molecular weight excluding hydrogens is 316 g/mol. The van der Waals surface area contributed by atoms with Crippen LogP contribution in [0.3, 0.4) is 0 Å². The van der Waals surface area contributed by atoms with E-state index in [1.807, 2.05) is 30.3 Å². The van der Waals surface area contributed by atoms with Gasteiger partial charge in [-0.2, -0.15) is 0 Å². The lowest BCUT2D eigenvalue weighted by molar-refractivity contribution is 0.572. The molecule has 1 heterocycles. The van der Waals surface area contributed by atoms with Crippen LogP contribution >= 0.6 is 15.9 Å². The van der Waals surface area contributed by atoms with Gasteiger partial charge in [-0.1, -0.05) is 40.2 Å². The van der Waals surface area contributed by atoms with Gasteiger partial charge < -0.3 is 9.73 Å². The van der Waals surface area contributed by atoms with Gasteiger partial charge in [0.05, 0.1) is 6.20 Å². The van der Waals surface area contributed by atoms with Gasteiger partial charge in [0.15, 0.2) is 12.2 Å². The van der Waals surface area contributed by atoms with Gasteiger partial charge in [-0.05, 0) is 29.8 Å². The second kappa shape index (κ2) is 5.92. The highest BCUT2D eigenvalue weighted by Crippen LogP contribution is 2.22. The van der Waals surface area contributed by atoms with E-state index in [1.165, 1.54) is 12.0 Å². The Bertz CT molecular complexity index is 695. The molecule has 4 heteroatoms. The van der Waals surface area contributed by atoms with Crippen molar-refractivity contribution in [3.63, 3.8) is 0 Å². The highest BCUT2D eigenvalue weighted by atomic mass is 79.9. The average molecular weight is 329 g/mol. The summed E-state index contributed by atoms with van der Waals surface area (Å²) >= 11 is 3.48. The van der Waals surface area contributed by atoms with Crippen molar-refractivity contribution in [1.29, 1.82) is 0 Å². The van der Waals surface area contributed by atoms with Crippen LogP contribution in [-0.2, 0) is 6.54 Å². The minimum Gasteiger partial charge on any atom is -0.444 e. The van der Waals surface area contributed by atoms with Crippen LogP contribution in [0.4, 0.5) is 5.69 Å². The second-order valence-corrected chi connectivity index (χ2v) is 5.35. The van der Waals surface area contributed by atoms with Gasteiger partial charge in [-0.3, -0.25) is 0 Å². The first-order chi connectivity index (χ1) is 9.81. The molecule has 0 aliphatic carbocycles. The number of rotatable bonds is 4. The molecule has 0 atom stereocenters. The van der Waals surface area contributed by atoms with E-state index < -0.39 is 0 Å². The lowest BCUT2D eigenvalue weighted by Crippen LogP contribution is -1.99. The van der Waals surface area contributed by atoms with Crippen molar-refractivity contribution in [2.45, 2.75) is 6.54 Å². The van der Waals surface area contributed by atoms with E-state index in [4.69, 9.17) is 4.42 Å². The molecule has 0 saturated carbocycles. The van der Waals surface area contributed by atoms with E-state index in [0.29, 0.717) is 0 Å². The molecule has 1 aromatic heterocycles. The first kappa shape index (κ1) is 12.9. The SMILES string of the molecule is Brc1cccc(CNc2cccc(-c3cnco3)c2)c1. The number of aromatic nitrogens is 1. The van der Waals surface area contributed by atoms with Crippen molar-refractivity contribution in [2.75, 3.05) is 5.32 Å². The summed E-state index contributed by atoms with van der Waals surface area (Å²) in [7, 11) is 0. The van der Waals surface area contributed by atoms with Crippen molar-refractivity contribution in [2.24, 2.45) is 0 Å². The zero-order valence-electron chi connectivity index (χ0n) is 10.7. The van der Waals surface area contributed by atoms with Crippen LogP contribution in [0.15, 0.2) is 70.0 Å². The van der Waals surface area contributed by atoms with Gasteiger partial charge in [0.1, 0.15) is 0 Å². The Kier molecular flexibility index (Phi) is 3.83. The number of nitrogens with zero attached hydrogens (tertiary/aromatic N) is 1. The average Bonchev–Trinajstić information content (AvgIpc) is 3.00. The first-order valence-corrected chi connectivity index (χ1v) is 7.08. The van der Waals surface area contributed by atoms with Crippen molar-refractivity contribution >= 4 is 21.6 Å². The fraction of sp³-hybridized carbons (Fsp3) is 0.0625. The molecule has 0 bridgehead atoms. The number of hydrogen-bond acceptors (Lipinski definition) is 3. The molecular formula is C16H13BrN2O. The van der Waals surface area contributed by atoms with Crippen LogP contribution in [0.2, 0.25) is 0 Å². The molecule has 0 amide bonds. The zero-order chi connectivity index (χ0) is 13.8. The Morgan fingerprint density at radius 2 is 2.00 bits per heavy atom.